The van der Waals surface area contributed by atoms with Crippen LogP contribution < -0.4 is 4.74 Å². The Balaban J connectivity index is 1.53. The average molecular weight is 391 g/mol. The number of methoxy groups -OCH3 is 1. The summed E-state index contributed by atoms with van der Waals surface area (Å²) in [6.45, 7) is 0. The lowest BCUT2D eigenvalue weighted by Crippen LogP contribution is -1.87. The van der Waals surface area contributed by atoms with E-state index in [2.05, 4.69) is 15.1 Å². The number of rotatable bonds is 4. The molecule has 3 heterocycles. The highest BCUT2D eigenvalue weighted by atomic mass is 32.1. The zero-order chi connectivity index (χ0) is 19.3. The van der Waals surface area contributed by atoms with Crippen molar-refractivity contribution in [3.63, 3.8) is 0 Å². The van der Waals surface area contributed by atoms with Gasteiger partial charge < -0.3 is 9.72 Å². The van der Waals surface area contributed by atoms with Crippen LogP contribution in [0.4, 0.5) is 5.69 Å². The molecule has 138 valence electrons. The fraction of sp³-hybridized carbons (Fsp3) is 0.0526. The second-order valence-electron chi connectivity index (χ2n) is 6.18. The largest absolute Gasteiger partial charge is 0.497 e. The van der Waals surface area contributed by atoms with Crippen molar-refractivity contribution >= 4 is 32.9 Å². The summed E-state index contributed by atoms with van der Waals surface area (Å²) in [6, 6.07) is 12.2. The van der Waals surface area contributed by atoms with Crippen molar-refractivity contribution < 1.29 is 9.66 Å². The smallest absolute Gasteiger partial charge is 0.269 e. The SMILES string of the molecule is COc1ccc2[nH]cc(-c3nn4cc(-c5ccc([N+](=O)[O-])cc5)nc4s3)c2c1. The number of H-pyrrole nitrogens is 1. The number of aromatic amines is 1. The van der Waals surface area contributed by atoms with Gasteiger partial charge in [0.15, 0.2) is 0 Å². The first-order valence-electron chi connectivity index (χ1n) is 8.39. The number of hydrogen-bond acceptors (Lipinski definition) is 6. The summed E-state index contributed by atoms with van der Waals surface area (Å²) in [4.78, 5) is 19.0. The zero-order valence-corrected chi connectivity index (χ0v) is 15.4. The van der Waals surface area contributed by atoms with Crippen molar-refractivity contribution in [2.24, 2.45) is 0 Å². The van der Waals surface area contributed by atoms with Crippen LogP contribution >= 0.6 is 11.3 Å². The Kier molecular flexibility index (Phi) is 3.63. The van der Waals surface area contributed by atoms with Gasteiger partial charge in [-0.1, -0.05) is 11.3 Å². The highest BCUT2D eigenvalue weighted by molar-refractivity contribution is 7.20. The van der Waals surface area contributed by atoms with Crippen LogP contribution in [0.1, 0.15) is 0 Å². The Morgan fingerprint density at radius 1 is 1.21 bits per heavy atom. The van der Waals surface area contributed by atoms with Crippen molar-refractivity contribution in [3.8, 4) is 27.6 Å². The van der Waals surface area contributed by atoms with Crippen LogP contribution in [0.2, 0.25) is 0 Å². The summed E-state index contributed by atoms with van der Waals surface area (Å²) in [5.41, 5.74) is 3.58. The maximum Gasteiger partial charge on any atom is 0.269 e. The molecule has 5 aromatic rings. The first-order chi connectivity index (χ1) is 13.6. The van der Waals surface area contributed by atoms with Gasteiger partial charge in [-0.25, -0.2) is 9.50 Å². The van der Waals surface area contributed by atoms with E-state index in [1.807, 2.05) is 30.6 Å². The third-order valence-corrected chi connectivity index (χ3v) is 5.49. The number of nitro benzene ring substituents is 1. The second kappa shape index (κ2) is 6.17. The molecule has 8 nitrogen and oxygen atoms in total. The minimum atomic E-state index is -0.417. The maximum absolute atomic E-state index is 10.8. The van der Waals surface area contributed by atoms with E-state index in [1.165, 1.54) is 23.5 Å². The topological polar surface area (TPSA) is 98.3 Å². The molecule has 0 radical (unpaired) electrons. The second-order valence-corrected chi connectivity index (χ2v) is 7.13. The van der Waals surface area contributed by atoms with E-state index in [4.69, 9.17) is 4.74 Å². The van der Waals surface area contributed by atoms with E-state index in [0.29, 0.717) is 0 Å². The van der Waals surface area contributed by atoms with Crippen LogP contribution in [0.25, 0.3) is 37.7 Å². The van der Waals surface area contributed by atoms with E-state index in [1.54, 1.807) is 23.8 Å². The molecule has 0 spiro atoms. The normalized spacial score (nSPS) is 11.3. The Morgan fingerprint density at radius 3 is 2.75 bits per heavy atom. The van der Waals surface area contributed by atoms with Crippen LogP contribution in [0.5, 0.6) is 5.75 Å². The van der Waals surface area contributed by atoms with Crippen LogP contribution in [0.3, 0.4) is 0 Å². The number of nitrogens with one attached hydrogen (secondary N) is 1. The Labute approximate surface area is 162 Å². The van der Waals surface area contributed by atoms with Crippen molar-refractivity contribution in [2.45, 2.75) is 0 Å². The van der Waals surface area contributed by atoms with Gasteiger partial charge in [0.1, 0.15) is 10.8 Å². The molecule has 0 aliphatic heterocycles. The van der Waals surface area contributed by atoms with Crippen LogP contribution in [0.15, 0.2) is 54.9 Å². The highest BCUT2D eigenvalue weighted by Gasteiger charge is 2.15. The van der Waals surface area contributed by atoms with E-state index in [0.717, 1.165) is 43.4 Å². The predicted molar refractivity (Wildman–Crippen MR) is 107 cm³/mol. The molecule has 3 aromatic heterocycles. The van der Waals surface area contributed by atoms with Crippen molar-refractivity contribution in [1.29, 1.82) is 0 Å². The number of ether oxygens (including phenoxy) is 1. The molecule has 0 amide bonds. The maximum atomic E-state index is 10.8. The van der Waals surface area contributed by atoms with E-state index < -0.39 is 4.92 Å². The summed E-state index contributed by atoms with van der Waals surface area (Å²) in [6.07, 6.45) is 3.76. The monoisotopic (exact) mass is 391 g/mol. The molecule has 9 heteroatoms. The summed E-state index contributed by atoms with van der Waals surface area (Å²) < 4.78 is 7.06. The number of nitro groups is 1. The molecule has 5 rings (SSSR count). The molecule has 0 aliphatic rings. The van der Waals surface area contributed by atoms with Crippen LogP contribution in [-0.2, 0) is 0 Å². The molecule has 0 saturated carbocycles. The third-order valence-electron chi connectivity index (χ3n) is 4.54. The average Bonchev–Trinajstić information content (AvgIpc) is 3.39. The predicted octanol–water partition coefficient (Wildman–Crippen LogP) is 4.52. The lowest BCUT2D eigenvalue weighted by molar-refractivity contribution is -0.384. The zero-order valence-electron chi connectivity index (χ0n) is 14.6. The number of hydrogen-bond donors (Lipinski definition) is 1. The summed E-state index contributed by atoms with van der Waals surface area (Å²) >= 11 is 1.48. The van der Waals surface area contributed by atoms with Gasteiger partial charge in [-0.05, 0) is 30.3 Å². The van der Waals surface area contributed by atoms with E-state index in [-0.39, 0.29) is 5.69 Å². The molecule has 1 N–H and O–H groups in total. The molecular formula is C19H13N5O3S. The van der Waals surface area contributed by atoms with Crippen molar-refractivity contribution in [2.75, 3.05) is 7.11 Å². The Hall–Kier alpha value is -3.72. The number of aromatic nitrogens is 4. The summed E-state index contributed by atoms with van der Waals surface area (Å²) in [7, 11) is 1.64. The first kappa shape index (κ1) is 16.5. The number of benzene rings is 2. The van der Waals surface area contributed by atoms with Gasteiger partial charge in [-0.3, -0.25) is 10.1 Å². The molecule has 2 aromatic carbocycles. The van der Waals surface area contributed by atoms with E-state index >= 15 is 0 Å². The van der Waals surface area contributed by atoms with Crippen LogP contribution in [-0.4, -0.2) is 31.6 Å². The van der Waals surface area contributed by atoms with Gasteiger partial charge >= 0.3 is 0 Å². The molecule has 0 atom stereocenters. The summed E-state index contributed by atoms with van der Waals surface area (Å²) in [5.74, 6) is 0.787. The fourth-order valence-electron chi connectivity index (χ4n) is 3.11. The molecule has 0 fully saturated rings. The van der Waals surface area contributed by atoms with Gasteiger partial charge in [0, 0.05) is 40.4 Å². The highest BCUT2D eigenvalue weighted by Crippen LogP contribution is 2.34. The van der Waals surface area contributed by atoms with Crippen LogP contribution in [0, 0.1) is 10.1 Å². The first-order valence-corrected chi connectivity index (χ1v) is 9.20. The number of fused-ring (bicyclic) bond motifs is 2. The quantitative estimate of drug-likeness (QED) is 0.359. The number of nitrogens with zero attached hydrogens (tertiary/aromatic N) is 4. The molecule has 0 aliphatic carbocycles. The lowest BCUT2D eigenvalue weighted by Gasteiger charge is -1.99. The minimum Gasteiger partial charge on any atom is -0.497 e. The number of non-ortho nitro benzene ring substituents is 1. The Morgan fingerprint density at radius 2 is 2.04 bits per heavy atom. The Bertz CT molecular complexity index is 1300. The fourth-order valence-corrected chi connectivity index (χ4v) is 4.02. The number of imidazole rings is 1. The van der Waals surface area contributed by atoms with E-state index in [9.17, 15) is 10.1 Å². The van der Waals surface area contributed by atoms with Gasteiger partial charge in [-0.2, -0.15) is 5.10 Å². The third kappa shape index (κ3) is 2.60. The van der Waals surface area contributed by atoms with Crippen molar-refractivity contribution in [3.05, 3.63) is 65.0 Å². The summed E-state index contributed by atoms with van der Waals surface area (Å²) in [5, 5.41) is 17.3. The molecule has 0 unspecified atom stereocenters. The standard InChI is InChI=1S/C19H13N5O3S/c1-27-13-6-7-16-14(8-13)15(9-20-16)18-22-23-10-17(21-19(23)28-18)11-2-4-12(5-3-11)24(25)26/h2-10,20H,1H3. The molecule has 0 bridgehead atoms. The molecule has 0 saturated heterocycles. The lowest BCUT2D eigenvalue weighted by atomic mass is 10.1. The van der Waals surface area contributed by atoms with Gasteiger partial charge in [0.2, 0.25) is 4.96 Å². The van der Waals surface area contributed by atoms with Gasteiger partial charge in [0.05, 0.1) is 23.9 Å². The van der Waals surface area contributed by atoms with Gasteiger partial charge in [-0.15, -0.1) is 0 Å². The van der Waals surface area contributed by atoms with Crippen molar-refractivity contribution in [1.82, 2.24) is 19.6 Å². The minimum absolute atomic E-state index is 0.0555. The molecular weight excluding hydrogens is 378 g/mol. The molecule has 28 heavy (non-hydrogen) atoms. The van der Waals surface area contributed by atoms with Gasteiger partial charge in [0.25, 0.3) is 5.69 Å².